The van der Waals surface area contributed by atoms with Gasteiger partial charge in [-0.2, -0.15) is 0 Å². The first kappa shape index (κ1) is 22.5. The van der Waals surface area contributed by atoms with Gasteiger partial charge in [-0.3, -0.25) is 19.3 Å². The molecule has 0 saturated carbocycles. The average molecular weight is 465 g/mol. The number of para-hydroxylation sites is 1. The summed E-state index contributed by atoms with van der Waals surface area (Å²) in [5, 5.41) is 3.64. The first-order chi connectivity index (χ1) is 15.8. The number of carbonyl (C=O) groups is 3. The summed E-state index contributed by atoms with van der Waals surface area (Å²) >= 11 is 1.60. The van der Waals surface area contributed by atoms with Crippen LogP contribution in [0.25, 0.3) is 11.3 Å². The Morgan fingerprint density at radius 2 is 1.97 bits per heavy atom. The number of nitrogens with zero attached hydrogens (tertiary/aromatic N) is 2. The Bertz CT molecular complexity index is 1250. The minimum atomic E-state index is -0.683. The number of thiazole rings is 1. The van der Waals surface area contributed by atoms with Crippen LogP contribution in [0, 0.1) is 13.8 Å². The van der Waals surface area contributed by atoms with Crippen LogP contribution in [0.2, 0.25) is 0 Å². The quantitative estimate of drug-likeness (QED) is 0.578. The number of nitrogens with two attached hydrogens (primary N) is 1. The van der Waals surface area contributed by atoms with E-state index in [1.807, 2.05) is 32.9 Å². The Kier molecular flexibility index (Phi) is 6.15. The molecule has 3 N–H and O–H groups in total. The molecule has 1 unspecified atom stereocenters. The second-order valence-electron chi connectivity index (χ2n) is 7.72. The van der Waals surface area contributed by atoms with E-state index in [9.17, 15) is 14.4 Å². The van der Waals surface area contributed by atoms with E-state index >= 15 is 0 Å². The highest BCUT2D eigenvalue weighted by Crippen LogP contribution is 2.39. The maximum absolute atomic E-state index is 13.1. The Morgan fingerprint density at radius 3 is 2.64 bits per heavy atom. The third-order valence-corrected chi connectivity index (χ3v) is 6.26. The van der Waals surface area contributed by atoms with E-state index in [1.165, 1.54) is 11.0 Å². The lowest BCUT2D eigenvalue weighted by atomic mass is 10.1. The van der Waals surface area contributed by atoms with Crippen molar-refractivity contribution in [2.45, 2.75) is 33.3 Å². The minimum Gasteiger partial charge on any atom is -0.478 e. The van der Waals surface area contributed by atoms with Crippen molar-refractivity contribution in [3.05, 3.63) is 57.9 Å². The number of hydrogen-bond acceptors (Lipinski definition) is 6. The molecule has 8 nitrogen and oxygen atoms in total. The van der Waals surface area contributed by atoms with Gasteiger partial charge in [-0.15, -0.1) is 11.3 Å². The van der Waals surface area contributed by atoms with Gasteiger partial charge in [0.1, 0.15) is 12.3 Å². The highest BCUT2D eigenvalue weighted by molar-refractivity contribution is 7.11. The second kappa shape index (κ2) is 9.03. The van der Waals surface area contributed by atoms with Gasteiger partial charge in [0.25, 0.3) is 11.8 Å². The van der Waals surface area contributed by atoms with Crippen LogP contribution in [0.1, 0.15) is 33.6 Å². The largest absolute Gasteiger partial charge is 0.478 e. The van der Waals surface area contributed by atoms with Crippen LogP contribution in [-0.4, -0.2) is 35.4 Å². The van der Waals surface area contributed by atoms with Gasteiger partial charge < -0.3 is 15.8 Å². The van der Waals surface area contributed by atoms with Crippen molar-refractivity contribution in [1.82, 2.24) is 4.98 Å². The molecule has 1 aromatic heterocycles. The van der Waals surface area contributed by atoms with E-state index in [4.69, 9.17) is 10.5 Å². The number of hydrogen-bond donors (Lipinski definition) is 2. The topological polar surface area (TPSA) is 115 Å². The lowest BCUT2D eigenvalue weighted by Crippen LogP contribution is -2.48. The first-order valence-electron chi connectivity index (χ1n) is 10.5. The molecule has 2 heterocycles. The number of rotatable bonds is 6. The standard InChI is InChI=1S/C24H24N4O4S/c1-4-19-24(31)28(12-21(29)27-17-8-6-5-7-16(17)23(25)30)18-11-15(9-10-20(18)32-19)22-13(2)33-14(3)26-22/h5-11,19H,4,12H2,1-3H3,(H2,25,30)(H,27,29). The maximum atomic E-state index is 13.1. The van der Waals surface area contributed by atoms with Gasteiger partial charge in [0.2, 0.25) is 5.91 Å². The molecule has 1 aliphatic heterocycles. The van der Waals surface area contributed by atoms with Crippen molar-refractivity contribution in [3.63, 3.8) is 0 Å². The summed E-state index contributed by atoms with van der Waals surface area (Å²) in [5.41, 5.74) is 8.08. The Balaban J connectivity index is 1.67. The van der Waals surface area contributed by atoms with Crippen molar-refractivity contribution in [3.8, 4) is 17.0 Å². The van der Waals surface area contributed by atoms with E-state index in [2.05, 4.69) is 10.3 Å². The van der Waals surface area contributed by atoms with Crippen LogP contribution in [-0.2, 0) is 9.59 Å². The summed E-state index contributed by atoms with van der Waals surface area (Å²) < 4.78 is 5.90. The Hall–Kier alpha value is -3.72. The molecular formula is C24H24N4O4S. The number of aryl methyl sites for hydroxylation is 2. The third-order valence-electron chi connectivity index (χ3n) is 5.38. The molecule has 0 fully saturated rings. The fraction of sp³-hybridized carbons (Fsp3) is 0.250. The zero-order valence-electron chi connectivity index (χ0n) is 18.5. The molecule has 0 aliphatic carbocycles. The predicted molar refractivity (Wildman–Crippen MR) is 128 cm³/mol. The first-order valence-corrected chi connectivity index (χ1v) is 11.3. The number of carbonyl (C=O) groups excluding carboxylic acids is 3. The fourth-order valence-corrected chi connectivity index (χ4v) is 4.67. The van der Waals surface area contributed by atoms with Gasteiger partial charge in [0.05, 0.1) is 27.6 Å². The summed E-state index contributed by atoms with van der Waals surface area (Å²) in [6.45, 7) is 5.55. The number of fused-ring (bicyclic) bond motifs is 1. The van der Waals surface area contributed by atoms with Crippen molar-refractivity contribution in [2.75, 3.05) is 16.8 Å². The van der Waals surface area contributed by atoms with Crippen LogP contribution in [0.5, 0.6) is 5.75 Å². The normalized spacial score (nSPS) is 15.1. The van der Waals surface area contributed by atoms with E-state index in [1.54, 1.807) is 35.6 Å². The molecule has 1 atom stereocenters. The molecule has 1 aliphatic rings. The van der Waals surface area contributed by atoms with Crippen molar-refractivity contribution < 1.29 is 19.1 Å². The number of benzene rings is 2. The SMILES string of the molecule is CCC1Oc2ccc(-c3nc(C)sc3C)cc2N(CC(=O)Nc2ccccc2C(N)=O)C1=O. The molecule has 0 bridgehead atoms. The summed E-state index contributed by atoms with van der Waals surface area (Å²) in [7, 11) is 0. The van der Waals surface area contributed by atoms with E-state index in [0.717, 1.165) is 21.1 Å². The molecule has 9 heteroatoms. The van der Waals surface area contributed by atoms with Crippen molar-refractivity contribution in [2.24, 2.45) is 5.73 Å². The molecule has 0 radical (unpaired) electrons. The molecule has 33 heavy (non-hydrogen) atoms. The highest BCUT2D eigenvalue weighted by Gasteiger charge is 2.35. The van der Waals surface area contributed by atoms with Crippen LogP contribution < -0.4 is 20.7 Å². The average Bonchev–Trinajstić information content (AvgIpc) is 3.13. The lowest BCUT2D eigenvalue weighted by Gasteiger charge is -2.34. The van der Waals surface area contributed by atoms with Crippen LogP contribution in [0.4, 0.5) is 11.4 Å². The summed E-state index contributed by atoms with van der Waals surface area (Å²) in [6, 6.07) is 12.0. The zero-order valence-corrected chi connectivity index (χ0v) is 19.4. The lowest BCUT2D eigenvalue weighted by molar-refractivity contribution is -0.128. The van der Waals surface area contributed by atoms with E-state index in [0.29, 0.717) is 23.5 Å². The minimum absolute atomic E-state index is 0.197. The number of primary amides is 1. The van der Waals surface area contributed by atoms with Gasteiger partial charge in [-0.1, -0.05) is 19.1 Å². The molecule has 170 valence electrons. The van der Waals surface area contributed by atoms with Gasteiger partial charge >= 0.3 is 0 Å². The summed E-state index contributed by atoms with van der Waals surface area (Å²) in [4.78, 5) is 44.8. The van der Waals surface area contributed by atoms with Crippen molar-refractivity contribution in [1.29, 1.82) is 0 Å². The van der Waals surface area contributed by atoms with E-state index < -0.39 is 17.9 Å². The van der Waals surface area contributed by atoms with Crippen LogP contribution >= 0.6 is 11.3 Å². The zero-order chi connectivity index (χ0) is 23.7. The molecular weight excluding hydrogens is 440 g/mol. The molecule has 3 amide bonds. The third kappa shape index (κ3) is 4.45. The molecule has 0 saturated heterocycles. The van der Waals surface area contributed by atoms with Gasteiger partial charge in [-0.25, -0.2) is 4.98 Å². The fourth-order valence-electron chi connectivity index (χ4n) is 3.83. The molecule has 3 aromatic rings. The number of nitrogens with one attached hydrogen (secondary N) is 1. The number of ether oxygens (including phenoxy) is 1. The molecule has 2 aromatic carbocycles. The van der Waals surface area contributed by atoms with Gasteiger partial charge in [0.15, 0.2) is 6.10 Å². The van der Waals surface area contributed by atoms with Crippen molar-refractivity contribution >= 4 is 40.4 Å². The number of amides is 3. The number of anilines is 2. The summed E-state index contributed by atoms with van der Waals surface area (Å²) in [5.74, 6) is -0.874. The van der Waals surface area contributed by atoms with Gasteiger partial charge in [-0.05, 0) is 50.6 Å². The Labute approximate surface area is 195 Å². The molecule has 4 rings (SSSR count). The molecule has 0 spiro atoms. The van der Waals surface area contributed by atoms with Gasteiger partial charge in [0, 0.05) is 10.4 Å². The van der Waals surface area contributed by atoms with Crippen LogP contribution in [0.3, 0.4) is 0 Å². The van der Waals surface area contributed by atoms with E-state index in [-0.39, 0.29) is 18.0 Å². The smallest absolute Gasteiger partial charge is 0.268 e. The Morgan fingerprint density at radius 1 is 1.21 bits per heavy atom. The van der Waals surface area contributed by atoms with Crippen LogP contribution in [0.15, 0.2) is 42.5 Å². The second-order valence-corrected chi connectivity index (χ2v) is 9.12. The maximum Gasteiger partial charge on any atom is 0.268 e. The summed E-state index contributed by atoms with van der Waals surface area (Å²) in [6.07, 6.45) is -0.218. The monoisotopic (exact) mass is 464 g/mol. The predicted octanol–water partition coefficient (Wildman–Crippen LogP) is 3.67. The number of aromatic nitrogens is 1. The highest BCUT2D eigenvalue weighted by atomic mass is 32.1.